The molecule has 12 rings (SSSR count). The first-order chi connectivity index (χ1) is 26.8. The lowest BCUT2D eigenvalue weighted by atomic mass is 9.83. The Balaban J connectivity index is 1.10. The fourth-order valence-electron chi connectivity index (χ4n) is 9.11. The van der Waals surface area contributed by atoms with Gasteiger partial charge in [-0.25, -0.2) is 0 Å². The molecule has 0 bridgehead atoms. The molecule has 0 aliphatic rings. The molecule has 0 aliphatic carbocycles. The molecule has 0 radical (unpaired) electrons. The Kier molecular flexibility index (Phi) is 6.28. The second-order valence-corrected chi connectivity index (χ2v) is 15.4. The minimum absolute atomic E-state index is 0.914. The van der Waals surface area contributed by atoms with E-state index in [4.69, 9.17) is 4.42 Å². The Labute approximate surface area is 314 Å². The van der Waals surface area contributed by atoms with Crippen LogP contribution >= 0.6 is 11.3 Å². The summed E-state index contributed by atoms with van der Waals surface area (Å²) in [5.74, 6) is 0. The monoisotopic (exact) mass is 702 g/mol. The highest BCUT2D eigenvalue weighted by molar-refractivity contribution is 7.26. The van der Waals surface area contributed by atoms with Crippen molar-refractivity contribution in [2.75, 3.05) is 0 Å². The Bertz CT molecular complexity index is 3440. The topological polar surface area (TPSA) is 13.1 Å². The van der Waals surface area contributed by atoms with Gasteiger partial charge in [0.2, 0.25) is 0 Å². The summed E-state index contributed by atoms with van der Waals surface area (Å²) in [7, 11) is 0. The van der Waals surface area contributed by atoms with Crippen LogP contribution in [-0.2, 0) is 0 Å². The first-order valence-corrected chi connectivity index (χ1v) is 19.3. The molecule has 2 aromatic heterocycles. The van der Waals surface area contributed by atoms with E-state index in [1.54, 1.807) is 0 Å². The van der Waals surface area contributed by atoms with Crippen LogP contribution in [-0.4, -0.2) is 0 Å². The zero-order valence-electron chi connectivity index (χ0n) is 29.1. The van der Waals surface area contributed by atoms with Gasteiger partial charge in [-0.15, -0.1) is 11.3 Å². The lowest BCUT2D eigenvalue weighted by Gasteiger charge is -2.19. The molecular weight excluding hydrogens is 673 g/mol. The van der Waals surface area contributed by atoms with Crippen LogP contribution in [0.1, 0.15) is 0 Å². The first kappa shape index (κ1) is 29.8. The SMILES string of the molecule is c1ccc(-c2ccc(-c3c4ccccc4c(-c4ccc5c(c4)oc4c5ccc5c4sc4ccc6ccccc6c45)c4ccccc34)c3ccccc23)cc1. The highest BCUT2D eigenvalue weighted by Crippen LogP contribution is 2.48. The number of hydrogen-bond donors (Lipinski definition) is 0. The van der Waals surface area contributed by atoms with Gasteiger partial charge in [0.15, 0.2) is 5.58 Å². The van der Waals surface area contributed by atoms with Crippen LogP contribution in [0.2, 0.25) is 0 Å². The summed E-state index contributed by atoms with van der Waals surface area (Å²) in [5, 5.41) is 14.9. The molecule has 10 aromatic carbocycles. The summed E-state index contributed by atoms with van der Waals surface area (Å²) in [6, 6.07) is 66.6. The average Bonchev–Trinajstić information content (AvgIpc) is 3.81. The predicted octanol–water partition coefficient (Wildman–Crippen LogP) is 15.6. The predicted molar refractivity (Wildman–Crippen MR) is 233 cm³/mol. The molecule has 0 unspecified atom stereocenters. The quantitative estimate of drug-likeness (QED) is 0.167. The molecule has 0 N–H and O–H groups in total. The highest BCUT2D eigenvalue weighted by atomic mass is 32.1. The summed E-state index contributed by atoms with van der Waals surface area (Å²) in [5.41, 5.74) is 9.27. The molecule has 0 saturated heterocycles. The Morgan fingerprint density at radius 1 is 0.352 bits per heavy atom. The number of hydrogen-bond acceptors (Lipinski definition) is 2. The third-order valence-electron chi connectivity index (χ3n) is 11.5. The molecule has 1 nitrogen and oxygen atoms in total. The van der Waals surface area contributed by atoms with Gasteiger partial charge in [-0.05, 0) is 101 Å². The maximum atomic E-state index is 6.89. The van der Waals surface area contributed by atoms with Crippen LogP contribution < -0.4 is 0 Å². The number of thiophene rings is 1. The molecule has 0 saturated carbocycles. The standard InChI is InChI=1S/C52H30OS/c1-2-12-31(13-3-1)34-25-26-43(37-17-7-6-16-36(34)37)49-41-20-10-8-18-39(41)48(40-19-9-11-21-42(40)49)33-22-24-38-44-27-28-45-50-35-15-5-4-14-32(35)23-29-47(50)54-52(45)51(44)53-46(38)30-33/h1-30H. The van der Waals surface area contributed by atoms with Gasteiger partial charge in [0.1, 0.15) is 5.58 Å². The van der Waals surface area contributed by atoms with Crippen molar-refractivity contribution in [2.45, 2.75) is 0 Å². The van der Waals surface area contributed by atoms with E-state index in [-0.39, 0.29) is 0 Å². The van der Waals surface area contributed by atoms with Crippen molar-refractivity contribution in [2.24, 2.45) is 0 Å². The van der Waals surface area contributed by atoms with E-state index in [9.17, 15) is 0 Å². The van der Waals surface area contributed by atoms with Crippen molar-refractivity contribution in [3.63, 3.8) is 0 Å². The van der Waals surface area contributed by atoms with Crippen LogP contribution in [0.3, 0.4) is 0 Å². The van der Waals surface area contributed by atoms with Crippen LogP contribution in [0.4, 0.5) is 0 Å². The van der Waals surface area contributed by atoms with Gasteiger partial charge in [0, 0.05) is 26.2 Å². The molecule has 0 atom stereocenters. The van der Waals surface area contributed by atoms with Crippen molar-refractivity contribution in [1.82, 2.24) is 0 Å². The second kappa shape index (κ2) is 11.4. The van der Waals surface area contributed by atoms with E-state index < -0.39 is 0 Å². The largest absolute Gasteiger partial charge is 0.455 e. The maximum Gasteiger partial charge on any atom is 0.153 e. The third-order valence-corrected chi connectivity index (χ3v) is 12.6. The highest BCUT2D eigenvalue weighted by Gasteiger charge is 2.21. The van der Waals surface area contributed by atoms with Gasteiger partial charge in [0.25, 0.3) is 0 Å². The van der Waals surface area contributed by atoms with Gasteiger partial charge in [-0.1, -0.05) is 158 Å². The number of fused-ring (bicyclic) bond motifs is 12. The molecule has 0 aliphatic heterocycles. The van der Waals surface area contributed by atoms with Crippen LogP contribution in [0.15, 0.2) is 186 Å². The lowest BCUT2D eigenvalue weighted by molar-refractivity contribution is 0.673. The summed E-state index contributed by atoms with van der Waals surface area (Å²) in [6.07, 6.45) is 0. The molecule has 2 heteroatoms. The molecule has 12 aromatic rings. The van der Waals surface area contributed by atoms with Crippen molar-refractivity contribution in [1.29, 1.82) is 0 Å². The zero-order chi connectivity index (χ0) is 35.3. The summed E-state index contributed by atoms with van der Waals surface area (Å²) in [6.45, 7) is 0. The Hall–Kier alpha value is -6.74. The van der Waals surface area contributed by atoms with Crippen molar-refractivity contribution in [3.05, 3.63) is 182 Å². The number of furan rings is 1. The first-order valence-electron chi connectivity index (χ1n) is 18.5. The molecule has 2 heterocycles. The minimum atomic E-state index is 0.914. The maximum absolute atomic E-state index is 6.89. The number of benzene rings is 10. The Morgan fingerprint density at radius 3 is 1.67 bits per heavy atom. The van der Waals surface area contributed by atoms with Gasteiger partial charge in [-0.3, -0.25) is 0 Å². The van der Waals surface area contributed by atoms with Crippen LogP contribution in [0.5, 0.6) is 0 Å². The second-order valence-electron chi connectivity index (χ2n) is 14.3. The fraction of sp³-hybridized carbons (Fsp3) is 0. The molecule has 250 valence electrons. The molecule has 0 fully saturated rings. The van der Waals surface area contributed by atoms with Gasteiger partial charge >= 0.3 is 0 Å². The smallest absolute Gasteiger partial charge is 0.153 e. The van der Waals surface area contributed by atoms with E-state index in [2.05, 4.69) is 182 Å². The Morgan fingerprint density at radius 2 is 0.926 bits per heavy atom. The summed E-state index contributed by atoms with van der Waals surface area (Å²) in [4.78, 5) is 0. The lowest BCUT2D eigenvalue weighted by Crippen LogP contribution is -1.92. The average molecular weight is 703 g/mol. The van der Waals surface area contributed by atoms with Crippen molar-refractivity contribution >= 4 is 96.5 Å². The van der Waals surface area contributed by atoms with E-state index in [0.29, 0.717) is 0 Å². The fourth-order valence-corrected chi connectivity index (χ4v) is 10.3. The number of rotatable bonds is 3. The van der Waals surface area contributed by atoms with Gasteiger partial charge in [-0.2, -0.15) is 0 Å². The van der Waals surface area contributed by atoms with E-state index in [0.717, 1.165) is 27.5 Å². The summed E-state index contributed by atoms with van der Waals surface area (Å²) < 4.78 is 9.39. The zero-order valence-corrected chi connectivity index (χ0v) is 30.0. The third kappa shape index (κ3) is 4.20. The van der Waals surface area contributed by atoms with E-state index >= 15 is 0 Å². The van der Waals surface area contributed by atoms with Crippen molar-refractivity contribution < 1.29 is 4.42 Å². The summed E-state index contributed by atoms with van der Waals surface area (Å²) >= 11 is 1.83. The minimum Gasteiger partial charge on any atom is -0.455 e. The molecule has 54 heavy (non-hydrogen) atoms. The van der Waals surface area contributed by atoms with Crippen LogP contribution in [0, 0.1) is 0 Å². The van der Waals surface area contributed by atoms with Gasteiger partial charge in [0.05, 0.1) is 4.70 Å². The van der Waals surface area contributed by atoms with E-state index in [1.807, 2.05) is 11.3 Å². The van der Waals surface area contributed by atoms with Crippen LogP contribution in [0.25, 0.3) is 119 Å². The van der Waals surface area contributed by atoms with Crippen molar-refractivity contribution in [3.8, 4) is 33.4 Å². The molecular formula is C52H30OS. The normalized spacial score (nSPS) is 12.1. The molecule has 0 spiro atoms. The van der Waals surface area contributed by atoms with E-state index in [1.165, 1.54) is 91.1 Å². The van der Waals surface area contributed by atoms with Gasteiger partial charge < -0.3 is 4.42 Å². The molecule has 0 amide bonds.